The van der Waals surface area contributed by atoms with Crippen LogP contribution in [0.2, 0.25) is 0 Å². The summed E-state index contributed by atoms with van der Waals surface area (Å²) in [4.78, 5) is 36.9. The van der Waals surface area contributed by atoms with Crippen LogP contribution in [-0.2, 0) is 14.3 Å². The lowest BCUT2D eigenvalue weighted by Gasteiger charge is -2.15. The Kier molecular flexibility index (Phi) is 4.81. The molecule has 1 N–H and O–H groups in total. The lowest BCUT2D eigenvalue weighted by atomic mass is 10.0. The highest BCUT2D eigenvalue weighted by Crippen LogP contribution is 2.30. The van der Waals surface area contributed by atoms with Gasteiger partial charge in [-0.3, -0.25) is 15.0 Å². The number of nitrogens with zero attached hydrogens (tertiary/aromatic N) is 3. The molecule has 8 nitrogen and oxygen atoms in total. The fraction of sp³-hybridized carbons (Fsp3) is 0.235. The van der Waals surface area contributed by atoms with Crippen molar-refractivity contribution < 1.29 is 19.1 Å². The minimum Gasteiger partial charge on any atom is -0.459 e. The first kappa shape index (κ1) is 17.7. The minimum atomic E-state index is -1.06. The van der Waals surface area contributed by atoms with E-state index in [4.69, 9.17) is 10.1 Å². The van der Waals surface area contributed by atoms with Crippen LogP contribution in [0.3, 0.4) is 0 Å². The molecule has 0 saturated carbocycles. The maximum atomic E-state index is 12.9. The van der Waals surface area contributed by atoms with Crippen molar-refractivity contribution in [3.63, 3.8) is 0 Å². The number of thiazole rings is 1. The maximum Gasteiger partial charge on any atom is 0.397 e. The number of benzene rings is 1. The van der Waals surface area contributed by atoms with Crippen molar-refractivity contribution in [1.29, 1.82) is 5.41 Å². The van der Waals surface area contributed by atoms with E-state index in [0.29, 0.717) is 11.4 Å². The molecule has 1 unspecified atom stereocenters. The van der Waals surface area contributed by atoms with Crippen LogP contribution >= 0.6 is 11.3 Å². The maximum absolute atomic E-state index is 12.9. The molecule has 0 spiro atoms. The molecule has 26 heavy (non-hydrogen) atoms. The number of hydrazone groups is 1. The van der Waals surface area contributed by atoms with Crippen LogP contribution in [-0.4, -0.2) is 34.7 Å². The predicted octanol–water partition coefficient (Wildman–Crippen LogP) is 1.74. The number of esters is 1. The third kappa shape index (κ3) is 2.97. The van der Waals surface area contributed by atoms with Gasteiger partial charge in [-0.05, 0) is 26.0 Å². The largest absolute Gasteiger partial charge is 0.459 e. The van der Waals surface area contributed by atoms with Crippen LogP contribution in [0.15, 0.2) is 40.8 Å². The van der Waals surface area contributed by atoms with E-state index in [2.05, 4.69) is 5.10 Å². The van der Waals surface area contributed by atoms with Gasteiger partial charge in [-0.25, -0.2) is 9.36 Å². The first-order valence-corrected chi connectivity index (χ1v) is 8.74. The molecular formula is C17H16N4O4S. The van der Waals surface area contributed by atoms with Crippen LogP contribution in [0.25, 0.3) is 0 Å². The third-order valence-electron chi connectivity index (χ3n) is 3.83. The van der Waals surface area contributed by atoms with Gasteiger partial charge in [-0.1, -0.05) is 18.2 Å². The number of aromatic nitrogens is 1. The monoisotopic (exact) mass is 372 g/mol. The number of nitrogens with one attached hydrogen (secondary N) is 1. The Morgan fingerprint density at radius 3 is 2.65 bits per heavy atom. The van der Waals surface area contributed by atoms with Gasteiger partial charge >= 0.3 is 11.9 Å². The number of amides is 1. The van der Waals surface area contributed by atoms with E-state index in [1.165, 1.54) is 10.4 Å². The molecular weight excluding hydrogens is 356 g/mol. The Labute approximate surface area is 152 Å². The van der Waals surface area contributed by atoms with Gasteiger partial charge in [0.25, 0.3) is 5.91 Å². The summed E-state index contributed by atoms with van der Waals surface area (Å²) in [6.07, 6.45) is 0. The topological polar surface area (TPSA) is 105 Å². The standard InChI is InChI=1S/C17H16N4O4S/c1-3-25-16(24)15(23)20-12(9-26-17(20)18)13-10(2)19-21(14(13)22)11-7-5-4-6-8-11/h4-9,13,18H,3H2,1-2H3. The van der Waals surface area contributed by atoms with Gasteiger partial charge < -0.3 is 4.74 Å². The van der Waals surface area contributed by atoms with E-state index >= 15 is 0 Å². The molecule has 134 valence electrons. The van der Waals surface area contributed by atoms with Gasteiger partial charge in [-0.2, -0.15) is 10.1 Å². The van der Waals surface area contributed by atoms with Crippen molar-refractivity contribution in [2.45, 2.75) is 19.8 Å². The lowest BCUT2D eigenvalue weighted by Crippen LogP contribution is -2.35. The zero-order valence-electron chi connectivity index (χ0n) is 14.1. The van der Waals surface area contributed by atoms with Crippen molar-refractivity contribution in [2.24, 2.45) is 5.10 Å². The first-order chi connectivity index (χ1) is 12.5. The Bertz CT molecular complexity index is 961. The highest BCUT2D eigenvalue weighted by atomic mass is 32.1. The van der Waals surface area contributed by atoms with Crippen LogP contribution in [0.5, 0.6) is 0 Å². The number of rotatable bonds is 3. The van der Waals surface area contributed by atoms with Crippen LogP contribution in [0.4, 0.5) is 5.69 Å². The van der Waals surface area contributed by atoms with Gasteiger partial charge in [0.05, 0.1) is 23.7 Å². The van der Waals surface area contributed by atoms with Gasteiger partial charge in [0.1, 0.15) is 5.92 Å². The summed E-state index contributed by atoms with van der Waals surface area (Å²) in [6, 6.07) is 8.90. The van der Waals surface area contributed by atoms with Gasteiger partial charge in [-0.15, -0.1) is 11.3 Å². The SMILES string of the molecule is CCOC(=O)C(=O)n1c(C2C(=O)N(c3ccccc3)N=C2C)csc1=N. The normalized spacial score (nSPS) is 16.5. The van der Waals surface area contributed by atoms with Crippen molar-refractivity contribution >= 4 is 40.5 Å². The van der Waals surface area contributed by atoms with E-state index in [-0.39, 0.29) is 23.0 Å². The average molecular weight is 372 g/mol. The van der Waals surface area contributed by atoms with E-state index in [1.54, 1.807) is 38.1 Å². The molecule has 3 rings (SSSR count). The van der Waals surface area contributed by atoms with Crippen LogP contribution in [0, 0.1) is 5.41 Å². The fourth-order valence-corrected chi connectivity index (χ4v) is 3.46. The smallest absolute Gasteiger partial charge is 0.397 e. The molecule has 1 aliphatic rings. The summed E-state index contributed by atoms with van der Waals surface area (Å²) in [6.45, 7) is 3.30. The molecule has 1 atom stereocenters. The fourth-order valence-electron chi connectivity index (χ4n) is 2.69. The molecule has 1 aliphatic heterocycles. The van der Waals surface area contributed by atoms with E-state index in [9.17, 15) is 14.4 Å². The molecule has 2 aromatic rings. The summed E-state index contributed by atoms with van der Waals surface area (Å²) < 4.78 is 5.65. The zero-order chi connectivity index (χ0) is 18.8. The number of ether oxygens (including phenoxy) is 1. The summed E-state index contributed by atoms with van der Waals surface area (Å²) in [7, 11) is 0. The van der Waals surface area contributed by atoms with Crippen LogP contribution in [0.1, 0.15) is 30.3 Å². The number of para-hydroxylation sites is 1. The summed E-state index contributed by atoms with van der Waals surface area (Å²) >= 11 is 0.958. The highest BCUT2D eigenvalue weighted by molar-refractivity contribution is 7.07. The highest BCUT2D eigenvalue weighted by Gasteiger charge is 2.39. The number of anilines is 1. The number of carbonyl (C=O) groups excluding carboxylic acids is 3. The molecule has 0 aliphatic carbocycles. The summed E-state index contributed by atoms with van der Waals surface area (Å²) in [5, 5.41) is 15.0. The summed E-state index contributed by atoms with van der Waals surface area (Å²) in [5.41, 5.74) is 1.31. The van der Waals surface area contributed by atoms with Crippen LogP contribution < -0.4 is 9.81 Å². The molecule has 1 amide bonds. The predicted molar refractivity (Wildman–Crippen MR) is 95.2 cm³/mol. The second-order valence-electron chi connectivity index (χ2n) is 5.49. The Balaban J connectivity index is 2.00. The Morgan fingerprint density at radius 1 is 1.31 bits per heavy atom. The van der Waals surface area contributed by atoms with E-state index in [1.807, 2.05) is 6.07 Å². The molecule has 1 aromatic heterocycles. The number of hydrogen-bond donors (Lipinski definition) is 1. The molecule has 0 radical (unpaired) electrons. The van der Waals surface area contributed by atoms with Crippen molar-refractivity contribution in [2.75, 3.05) is 11.6 Å². The molecule has 9 heteroatoms. The van der Waals surface area contributed by atoms with Gasteiger partial charge in [0.15, 0.2) is 4.80 Å². The molecule has 2 heterocycles. The molecule has 1 aromatic carbocycles. The number of carbonyl (C=O) groups is 3. The average Bonchev–Trinajstić information content (AvgIpc) is 3.14. The van der Waals surface area contributed by atoms with Gasteiger partial charge in [0.2, 0.25) is 0 Å². The molecule has 0 fully saturated rings. The summed E-state index contributed by atoms with van der Waals surface area (Å²) in [5.74, 6) is -3.25. The molecule has 0 saturated heterocycles. The lowest BCUT2D eigenvalue weighted by molar-refractivity contribution is -0.138. The van der Waals surface area contributed by atoms with Crippen molar-refractivity contribution in [3.05, 3.63) is 46.2 Å². The van der Waals surface area contributed by atoms with Gasteiger partial charge in [0, 0.05) is 5.38 Å². The Hall–Kier alpha value is -3.07. The van der Waals surface area contributed by atoms with E-state index in [0.717, 1.165) is 15.9 Å². The molecule has 0 bridgehead atoms. The first-order valence-electron chi connectivity index (χ1n) is 7.86. The minimum absolute atomic E-state index is 0.0442. The number of hydrogen-bond acceptors (Lipinski definition) is 7. The Morgan fingerprint density at radius 2 is 2.00 bits per heavy atom. The second-order valence-corrected chi connectivity index (χ2v) is 6.34. The van der Waals surface area contributed by atoms with E-state index < -0.39 is 17.8 Å². The second kappa shape index (κ2) is 7.04. The van der Waals surface area contributed by atoms with Crippen molar-refractivity contribution in [1.82, 2.24) is 4.57 Å². The quantitative estimate of drug-likeness (QED) is 0.654. The zero-order valence-corrected chi connectivity index (χ0v) is 14.9. The van der Waals surface area contributed by atoms with Crippen molar-refractivity contribution in [3.8, 4) is 0 Å². The third-order valence-corrected chi connectivity index (χ3v) is 4.60.